The van der Waals surface area contributed by atoms with E-state index in [1.807, 2.05) is 47.9 Å². The van der Waals surface area contributed by atoms with Crippen LogP contribution in [0.5, 0.6) is 0 Å². The molecule has 2 N–H and O–H groups in total. The molecule has 1 aromatic heterocycles. The van der Waals surface area contributed by atoms with Crippen LogP contribution < -0.4 is 10.7 Å². The van der Waals surface area contributed by atoms with Crippen molar-refractivity contribution in [3.8, 4) is 17.1 Å². The molecule has 0 unspecified atom stereocenters. The summed E-state index contributed by atoms with van der Waals surface area (Å²) in [6.45, 7) is 1.89. The number of rotatable bonds is 3. The maximum absolute atomic E-state index is 13.1. The van der Waals surface area contributed by atoms with Gasteiger partial charge in [-0.25, -0.2) is 4.98 Å². The fraction of sp³-hybridized carbons (Fsp3) is 0.0800. The largest absolute Gasteiger partial charge is 0.416 e. The van der Waals surface area contributed by atoms with E-state index in [1.165, 1.54) is 12.1 Å². The van der Waals surface area contributed by atoms with Crippen molar-refractivity contribution in [3.63, 3.8) is 0 Å². The number of anilines is 2. The number of fused-ring (bicyclic) bond motifs is 2. The van der Waals surface area contributed by atoms with E-state index in [0.29, 0.717) is 28.3 Å². The van der Waals surface area contributed by atoms with Gasteiger partial charge in [-0.2, -0.15) is 13.2 Å². The molecule has 0 atom stereocenters. The van der Waals surface area contributed by atoms with Gasteiger partial charge < -0.3 is 9.88 Å². The summed E-state index contributed by atoms with van der Waals surface area (Å²) in [6, 6.07) is 19.6. The molecule has 0 bridgehead atoms. The van der Waals surface area contributed by atoms with Crippen LogP contribution in [0.4, 0.5) is 24.5 Å². The molecule has 0 fully saturated rings. The third kappa shape index (κ3) is 3.91. The summed E-state index contributed by atoms with van der Waals surface area (Å²) in [5.74, 6) is 0. The zero-order valence-electron chi connectivity index (χ0n) is 17.5. The number of para-hydroxylation sites is 2. The maximum atomic E-state index is 13.1. The van der Waals surface area contributed by atoms with Gasteiger partial charge in [0.25, 0.3) is 0 Å². The minimum absolute atomic E-state index is 0.223. The van der Waals surface area contributed by atoms with Gasteiger partial charge >= 0.3 is 6.18 Å². The van der Waals surface area contributed by atoms with E-state index in [2.05, 4.69) is 10.3 Å². The smallest absolute Gasteiger partial charge is 0.352 e. The van der Waals surface area contributed by atoms with Crippen molar-refractivity contribution >= 4 is 22.4 Å². The van der Waals surface area contributed by atoms with E-state index in [9.17, 15) is 13.2 Å². The third-order valence-electron chi connectivity index (χ3n) is 5.36. The highest BCUT2D eigenvalue weighted by Gasteiger charge is 2.30. The van der Waals surface area contributed by atoms with Gasteiger partial charge in [-0.05, 0) is 67.6 Å². The zero-order chi connectivity index (χ0) is 23.2. The molecule has 2 heterocycles. The van der Waals surface area contributed by atoms with Crippen molar-refractivity contribution in [2.75, 3.05) is 5.32 Å². The van der Waals surface area contributed by atoms with Crippen LogP contribution in [0, 0.1) is 12.3 Å². The summed E-state index contributed by atoms with van der Waals surface area (Å²) in [5.41, 5.74) is 4.65. The highest BCUT2D eigenvalue weighted by atomic mass is 19.4. The van der Waals surface area contributed by atoms with Crippen LogP contribution in [0.1, 0.15) is 11.3 Å². The Morgan fingerprint density at radius 2 is 1.70 bits per heavy atom. The van der Waals surface area contributed by atoms with E-state index in [0.717, 1.165) is 29.0 Å². The Bertz CT molecular complexity index is 1490. The van der Waals surface area contributed by atoms with Gasteiger partial charge in [0.1, 0.15) is 0 Å². The molecule has 5 nitrogen and oxygen atoms in total. The molecule has 5 rings (SSSR count). The highest BCUT2D eigenvalue weighted by Crippen LogP contribution is 2.33. The van der Waals surface area contributed by atoms with Crippen molar-refractivity contribution in [1.82, 2.24) is 14.5 Å². The van der Waals surface area contributed by atoms with Gasteiger partial charge in [-0.15, -0.1) is 0 Å². The van der Waals surface area contributed by atoms with Crippen LogP contribution in [-0.4, -0.2) is 14.5 Å². The molecule has 3 aromatic rings. The Morgan fingerprint density at radius 3 is 2.39 bits per heavy atom. The molecule has 0 saturated carbocycles. The average molecular weight is 445 g/mol. The Labute approximate surface area is 187 Å². The van der Waals surface area contributed by atoms with E-state index >= 15 is 0 Å². The average Bonchev–Trinajstić information content (AvgIpc) is 2.79. The van der Waals surface area contributed by atoms with Gasteiger partial charge in [-0.1, -0.05) is 12.1 Å². The summed E-state index contributed by atoms with van der Waals surface area (Å²) < 4.78 is 41.0. The maximum Gasteiger partial charge on any atom is 0.416 e. The first-order valence-electron chi connectivity index (χ1n) is 10.2. The molecule has 2 aliphatic rings. The van der Waals surface area contributed by atoms with Crippen LogP contribution in [0.15, 0.2) is 79.0 Å². The number of halogens is 3. The predicted octanol–water partition coefficient (Wildman–Crippen LogP) is 6.08. The zero-order valence-corrected chi connectivity index (χ0v) is 17.5. The van der Waals surface area contributed by atoms with Crippen LogP contribution in [0.3, 0.4) is 0 Å². The number of pyridine rings is 1. The Hall–Kier alpha value is -4.20. The monoisotopic (exact) mass is 445 g/mol. The molecule has 33 heavy (non-hydrogen) atoms. The number of nitrogens with one attached hydrogen (secondary N) is 2. The molecule has 1 aliphatic heterocycles. The summed E-state index contributed by atoms with van der Waals surface area (Å²) in [6.07, 6.45) is -2.72. The Morgan fingerprint density at radius 1 is 0.939 bits per heavy atom. The van der Waals surface area contributed by atoms with Crippen molar-refractivity contribution in [2.45, 2.75) is 13.1 Å². The highest BCUT2D eigenvalue weighted by molar-refractivity contribution is 5.84. The summed E-state index contributed by atoms with van der Waals surface area (Å²) in [5, 5.41) is 12.0. The van der Waals surface area contributed by atoms with E-state index < -0.39 is 11.7 Å². The Kier molecular flexibility index (Phi) is 4.85. The van der Waals surface area contributed by atoms with E-state index in [4.69, 9.17) is 10.4 Å². The normalized spacial score (nSPS) is 11.8. The van der Waals surface area contributed by atoms with Gasteiger partial charge in [-0.3, -0.25) is 10.4 Å². The number of nitrogens with zero attached hydrogens (tertiary/aromatic N) is 3. The number of hydrogen-bond acceptors (Lipinski definition) is 4. The SMILES string of the molecule is Cc1ccc(Nc2cc3nc4ccccc4n(-c4ccc(C(F)(F)F)cc4)c-3cc2=N)cn1. The van der Waals surface area contributed by atoms with Crippen LogP contribution in [0.25, 0.3) is 28.1 Å². The second-order valence-corrected chi connectivity index (χ2v) is 7.68. The summed E-state index contributed by atoms with van der Waals surface area (Å²) >= 11 is 0. The molecular formula is C25H18F3N5. The topological polar surface area (TPSA) is 66.6 Å². The van der Waals surface area contributed by atoms with Crippen molar-refractivity contribution in [3.05, 3.63) is 95.6 Å². The Balaban J connectivity index is 1.70. The number of hydrogen-bond donors (Lipinski definition) is 2. The van der Waals surface area contributed by atoms with Crippen LogP contribution in [0.2, 0.25) is 0 Å². The molecule has 0 spiro atoms. The molecule has 2 aromatic carbocycles. The van der Waals surface area contributed by atoms with Gasteiger partial charge in [0, 0.05) is 11.4 Å². The standard InChI is InChI=1S/C25H18F3N5/c1-15-6-9-17(14-30-15)31-21-13-22-24(12-19(21)29)33(23-5-3-2-4-20(23)32-22)18-10-7-16(8-11-18)25(26,27)28/h2-14,29,31H,1H3. The minimum Gasteiger partial charge on any atom is -0.352 e. The molecule has 0 amide bonds. The molecule has 8 heteroatoms. The first-order chi connectivity index (χ1) is 15.8. The minimum atomic E-state index is -4.41. The quantitative estimate of drug-likeness (QED) is 0.331. The van der Waals surface area contributed by atoms with Gasteiger partial charge in [0.2, 0.25) is 0 Å². The van der Waals surface area contributed by atoms with Gasteiger partial charge in [0.05, 0.1) is 50.9 Å². The number of benzene rings is 3. The van der Waals surface area contributed by atoms with Crippen molar-refractivity contribution < 1.29 is 13.2 Å². The van der Waals surface area contributed by atoms with Crippen molar-refractivity contribution in [1.29, 1.82) is 5.41 Å². The lowest BCUT2D eigenvalue weighted by Crippen LogP contribution is -2.14. The number of alkyl halides is 3. The molecular weight excluding hydrogens is 427 g/mol. The first kappa shape index (κ1) is 20.7. The van der Waals surface area contributed by atoms with Gasteiger partial charge in [0.15, 0.2) is 0 Å². The van der Waals surface area contributed by atoms with Crippen LogP contribution in [-0.2, 0) is 6.18 Å². The molecule has 0 radical (unpaired) electrons. The number of aryl methyl sites for hydroxylation is 1. The van der Waals surface area contributed by atoms with E-state index in [-0.39, 0.29) is 5.36 Å². The van der Waals surface area contributed by atoms with Crippen molar-refractivity contribution in [2.24, 2.45) is 0 Å². The lowest BCUT2D eigenvalue weighted by atomic mass is 10.1. The first-order valence-corrected chi connectivity index (χ1v) is 10.2. The second kappa shape index (κ2) is 7.74. The fourth-order valence-corrected chi connectivity index (χ4v) is 3.73. The summed E-state index contributed by atoms with van der Waals surface area (Å²) in [4.78, 5) is 9.00. The van der Waals surface area contributed by atoms with E-state index in [1.54, 1.807) is 18.3 Å². The number of aromatic nitrogens is 3. The van der Waals surface area contributed by atoms with Crippen LogP contribution >= 0.6 is 0 Å². The summed E-state index contributed by atoms with van der Waals surface area (Å²) in [7, 11) is 0. The molecule has 0 saturated heterocycles. The fourth-order valence-electron chi connectivity index (χ4n) is 3.73. The lowest BCUT2D eigenvalue weighted by Gasteiger charge is -2.20. The second-order valence-electron chi connectivity index (χ2n) is 7.68. The predicted molar refractivity (Wildman–Crippen MR) is 121 cm³/mol. The molecule has 1 aliphatic carbocycles. The molecule has 164 valence electrons. The third-order valence-corrected chi connectivity index (χ3v) is 5.36. The lowest BCUT2D eigenvalue weighted by molar-refractivity contribution is -0.137.